The molecule has 2 fully saturated rings. The first-order chi connectivity index (χ1) is 16.2. The highest BCUT2D eigenvalue weighted by molar-refractivity contribution is 5.92. The Hall–Kier alpha value is -3.22. The van der Waals surface area contributed by atoms with Crippen LogP contribution in [0.4, 0.5) is 5.69 Å². The van der Waals surface area contributed by atoms with Crippen molar-refractivity contribution in [2.75, 3.05) is 37.9 Å². The van der Waals surface area contributed by atoms with Gasteiger partial charge in [0.05, 0.1) is 44.1 Å². The van der Waals surface area contributed by atoms with E-state index < -0.39 is 0 Å². The highest BCUT2D eigenvalue weighted by Crippen LogP contribution is 2.32. The average Bonchev–Trinajstić information content (AvgIpc) is 3.28. The molecule has 174 valence electrons. The number of nitriles is 1. The van der Waals surface area contributed by atoms with E-state index in [0.717, 1.165) is 61.4 Å². The second-order valence-electron chi connectivity index (χ2n) is 8.38. The predicted octanol–water partition coefficient (Wildman–Crippen LogP) is 2.95. The zero-order valence-electron chi connectivity index (χ0n) is 19.1. The van der Waals surface area contributed by atoms with E-state index in [9.17, 15) is 5.26 Å². The summed E-state index contributed by atoms with van der Waals surface area (Å²) in [6.07, 6.45) is 11.1. The average molecular weight is 450 g/mol. The predicted molar refractivity (Wildman–Crippen MR) is 129 cm³/mol. The van der Waals surface area contributed by atoms with Crippen molar-refractivity contribution in [2.24, 2.45) is 9.98 Å². The minimum atomic E-state index is 0.111. The van der Waals surface area contributed by atoms with Crippen molar-refractivity contribution >= 4 is 23.6 Å². The molecule has 9 nitrogen and oxygen atoms in total. The molecule has 2 aromatic rings. The third-order valence-electron chi connectivity index (χ3n) is 6.16. The topological polar surface area (TPSA) is 99.5 Å². The van der Waals surface area contributed by atoms with Gasteiger partial charge in [0.15, 0.2) is 0 Å². The fourth-order valence-corrected chi connectivity index (χ4v) is 4.31. The van der Waals surface area contributed by atoms with Crippen LogP contribution in [0.5, 0.6) is 5.75 Å². The second-order valence-corrected chi connectivity index (χ2v) is 8.38. The number of nitrogens with zero attached hydrogens (tertiary/aromatic N) is 6. The number of hydrogen-bond acceptors (Lipinski definition) is 8. The first-order valence-corrected chi connectivity index (χ1v) is 11.5. The SMILES string of the molecule is C=N/C=C\C(C)=N/CNC1CCC(Oc2cc(N3CCOCC3)cn3ncc(C#N)c23)CC1. The lowest BCUT2D eigenvalue weighted by Gasteiger charge is -2.31. The summed E-state index contributed by atoms with van der Waals surface area (Å²) in [5.74, 6) is 0.729. The molecule has 0 atom stereocenters. The lowest BCUT2D eigenvalue weighted by molar-refractivity contribution is 0.122. The first-order valence-electron chi connectivity index (χ1n) is 11.5. The number of aliphatic imine (C=N–C) groups is 2. The molecule has 3 heterocycles. The lowest BCUT2D eigenvalue weighted by atomic mass is 9.93. The monoisotopic (exact) mass is 449 g/mol. The van der Waals surface area contributed by atoms with Crippen LogP contribution in [0.1, 0.15) is 38.2 Å². The molecule has 1 aliphatic carbocycles. The zero-order valence-corrected chi connectivity index (χ0v) is 19.1. The van der Waals surface area contributed by atoms with E-state index in [1.165, 1.54) is 0 Å². The van der Waals surface area contributed by atoms with E-state index in [1.54, 1.807) is 16.9 Å². The molecule has 0 unspecified atom stereocenters. The molecule has 33 heavy (non-hydrogen) atoms. The van der Waals surface area contributed by atoms with E-state index in [0.29, 0.717) is 31.5 Å². The summed E-state index contributed by atoms with van der Waals surface area (Å²) in [5.41, 5.74) is 3.23. The fraction of sp³-hybridized carbons (Fsp3) is 0.500. The van der Waals surface area contributed by atoms with Crippen LogP contribution in [0.3, 0.4) is 0 Å². The van der Waals surface area contributed by atoms with E-state index in [2.05, 4.69) is 44.2 Å². The maximum Gasteiger partial charge on any atom is 0.148 e. The van der Waals surface area contributed by atoms with Gasteiger partial charge in [0.1, 0.15) is 22.9 Å². The Morgan fingerprint density at radius 2 is 2.15 bits per heavy atom. The van der Waals surface area contributed by atoms with Crippen molar-refractivity contribution in [3.05, 3.63) is 36.3 Å². The Balaban J connectivity index is 1.40. The molecule has 1 aliphatic heterocycles. The molecule has 0 spiro atoms. The van der Waals surface area contributed by atoms with Gasteiger partial charge in [0.2, 0.25) is 0 Å². The van der Waals surface area contributed by atoms with Gasteiger partial charge < -0.3 is 14.4 Å². The molecule has 0 aromatic carbocycles. The molecule has 2 aliphatic rings. The normalized spacial score (nSPS) is 21.9. The summed E-state index contributed by atoms with van der Waals surface area (Å²) in [6, 6.07) is 4.72. The maximum atomic E-state index is 9.56. The van der Waals surface area contributed by atoms with Crippen LogP contribution in [-0.4, -0.2) is 67.2 Å². The molecule has 1 saturated carbocycles. The summed E-state index contributed by atoms with van der Waals surface area (Å²) in [6.45, 7) is 9.04. The Labute approximate surface area is 194 Å². The Morgan fingerprint density at radius 1 is 1.36 bits per heavy atom. The van der Waals surface area contributed by atoms with Crippen LogP contribution in [0.25, 0.3) is 5.52 Å². The Morgan fingerprint density at radius 3 is 2.88 bits per heavy atom. The number of morpholine rings is 1. The van der Waals surface area contributed by atoms with Gasteiger partial charge in [-0.25, -0.2) is 4.52 Å². The van der Waals surface area contributed by atoms with Gasteiger partial charge in [0, 0.05) is 37.1 Å². The number of rotatable bonds is 8. The molecule has 0 bridgehead atoms. The van der Waals surface area contributed by atoms with Crippen LogP contribution in [-0.2, 0) is 4.74 Å². The summed E-state index contributed by atoms with van der Waals surface area (Å²) < 4.78 is 13.7. The quantitative estimate of drug-likeness (QED) is 0.622. The molecule has 0 radical (unpaired) electrons. The smallest absolute Gasteiger partial charge is 0.148 e. The lowest BCUT2D eigenvalue weighted by Crippen LogP contribution is -2.37. The molecule has 4 rings (SSSR count). The molecular weight excluding hydrogens is 418 g/mol. The Bertz CT molecular complexity index is 1050. The first kappa shape index (κ1) is 23.0. The third-order valence-corrected chi connectivity index (χ3v) is 6.16. The van der Waals surface area contributed by atoms with Gasteiger partial charge in [-0.15, -0.1) is 0 Å². The number of nitrogens with one attached hydrogen (secondary N) is 1. The summed E-state index contributed by atoms with van der Waals surface area (Å²) in [7, 11) is 0. The Kier molecular flexibility index (Phi) is 7.70. The van der Waals surface area contributed by atoms with Gasteiger partial charge >= 0.3 is 0 Å². The van der Waals surface area contributed by atoms with Crippen LogP contribution in [0.2, 0.25) is 0 Å². The van der Waals surface area contributed by atoms with Gasteiger partial charge in [-0.1, -0.05) is 0 Å². The van der Waals surface area contributed by atoms with Gasteiger partial charge in [0.25, 0.3) is 0 Å². The number of ether oxygens (including phenoxy) is 2. The molecule has 0 amide bonds. The van der Waals surface area contributed by atoms with Gasteiger partial charge in [-0.3, -0.25) is 15.3 Å². The van der Waals surface area contributed by atoms with Crippen LogP contribution in [0, 0.1) is 11.3 Å². The van der Waals surface area contributed by atoms with Gasteiger partial charge in [-0.2, -0.15) is 10.4 Å². The second kappa shape index (κ2) is 11.1. The minimum Gasteiger partial charge on any atom is -0.488 e. The number of pyridine rings is 1. The number of aromatic nitrogens is 2. The fourth-order valence-electron chi connectivity index (χ4n) is 4.31. The van der Waals surface area contributed by atoms with E-state index in [-0.39, 0.29) is 6.10 Å². The highest BCUT2D eigenvalue weighted by atomic mass is 16.5. The van der Waals surface area contributed by atoms with E-state index in [1.807, 2.05) is 19.2 Å². The maximum absolute atomic E-state index is 9.56. The molecule has 1 saturated heterocycles. The molecular formula is C24H31N7O2. The molecule has 1 N–H and O–H groups in total. The van der Waals surface area contributed by atoms with Crippen LogP contribution >= 0.6 is 0 Å². The van der Waals surface area contributed by atoms with Gasteiger partial charge in [-0.05, 0) is 45.4 Å². The number of hydrogen-bond donors (Lipinski definition) is 1. The van der Waals surface area contributed by atoms with Crippen molar-refractivity contribution in [3.63, 3.8) is 0 Å². The van der Waals surface area contributed by atoms with Crippen molar-refractivity contribution in [1.82, 2.24) is 14.9 Å². The number of fused-ring (bicyclic) bond motifs is 1. The van der Waals surface area contributed by atoms with Crippen LogP contribution in [0.15, 0.2) is 40.7 Å². The number of anilines is 1. The summed E-state index contributed by atoms with van der Waals surface area (Å²) in [4.78, 5) is 10.5. The molecule has 9 heteroatoms. The largest absolute Gasteiger partial charge is 0.488 e. The van der Waals surface area contributed by atoms with E-state index in [4.69, 9.17) is 9.47 Å². The zero-order chi connectivity index (χ0) is 23.0. The third kappa shape index (κ3) is 5.78. The van der Waals surface area contributed by atoms with E-state index >= 15 is 0 Å². The number of allylic oxidation sites excluding steroid dienone is 1. The van der Waals surface area contributed by atoms with Crippen molar-refractivity contribution in [1.29, 1.82) is 5.26 Å². The van der Waals surface area contributed by atoms with Crippen molar-refractivity contribution < 1.29 is 9.47 Å². The molecule has 2 aromatic heterocycles. The highest BCUT2D eigenvalue weighted by Gasteiger charge is 2.24. The van der Waals surface area contributed by atoms with Crippen molar-refractivity contribution in [2.45, 2.75) is 44.8 Å². The standard InChI is InChI=1S/C24H31N7O2/c1-18(7-8-26-2)27-17-28-20-3-5-22(6-4-20)33-23-13-21(30-9-11-32-12-10-30)16-31-24(23)19(14-25)15-29-31/h7-8,13,15-16,20,22,28H,2-6,9-12,17H2,1H3/b8-7-,27-18-. The summed E-state index contributed by atoms with van der Waals surface area (Å²) >= 11 is 0. The summed E-state index contributed by atoms with van der Waals surface area (Å²) in [5, 5.41) is 17.5. The van der Waals surface area contributed by atoms with Crippen molar-refractivity contribution in [3.8, 4) is 11.8 Å². The van der Waals surface area contributed by atoms with Crippen LogP contribution < -0.4 is 15.0 Å². The minimum absolute atomic E-state index is 0.111.